The lowest BCUT2D eigenvalue weighted by Gasteiger charge is -2.16. The molecule has 0 aliphatic carbocycles. The van der Waals surface area contributed by atoms with Gasteiger partial charge in [0, 0.05) is 24.3 Å². The number of aromatic nitrogens is 5. The highest BCUT2D eigenvalue weighted by Crippen LogP contribution is 2.37. The number of fused-ring (bicyclic) bond motifs is 1. The number of anilines is 1. The molecule has 10 nitrogen and oxygen atoms in total. The number of primary amides is 1. The van der Waals surface area contributed by atoms with Crippen molar-refractivity contribution in [1.29, 1.82) is 0 Å². The largest absolute Gasteiger partial charge is 0.458 e. The first-order valence-corrected chi connectivity index (χ1v) is 10.4. The van der Waals surface area contributed by atoms with Gasteiger partial charge in [0.25, 0.3) is 5.91 Å². The molecule has 0 saturated carbocycles. The molecule has 5 N–H and O–H groups in total. The maximum absolute atomic E-state index is 12.2. The van der Waals surface area contributed by atoms with Crippen molar-refractivity contribution in [3.8, 4) is 28.5 Å². The number of hydrogen-bond acceptors (Lipinski definition) is 8. The van der Waals surface area contributed by atoms with Gasteiger partial charge in [-0.05, 0) is 42.7 Å². The van der Waals surface area contributed by atoms with Gasteiger partial charge in [-0.15, -0.1) is 0 Å². The zero-order valence-electron chi connectivity index (χ0n) is 18.6. The van der Waals surface area contributed by atoms with E-state index in [1.54, 1.807) is 31.6 Å². The van der Waals surface area contributed by atoms with Crippen LogP contribution in [-0.2, 0) is 4.74 Å². The number of nitrogen functional groups attached to an aromatic ring is 1. The number of amides is 1. The van der Waals surface area contributed by atoms with E-state index in [1.807, 2.05) is 26.0 Å². The van der Waals surface area contributed by atoms with Crippen molar-refractivity contribution in [2.24, 2.45) is 5.73 Å². The van der Waals surface area contributed by atoms with Crippen LogP contribution in [0.4, 0.5) is 5.69 Å². The molecule has 0 bridgehead atoms. The second-order valence-electron chi connectivity index (χ2n) is 7.60. The number of pyridine rings is 1. The minimum absolute atomic E-state index is 0.0331. The fraction of sp³-hybridized carbons (Fsp3) is 0.261. The summed E-state index contributed by atoms with van der Waals surface area (Å²) >= 11 is 0. The van der Waals surface area contributed by atoms with E-state index in [0.717, 1.165) is 28.5 Å². The summed E-state index contributed by atoms with van der Waals surface area (Å²) < 4.78 is 11.0. The number of methoxy groups -OCH3 is 1. The number of aromatic amines is 1. The molecule has 3 aromatic heterocycles. The Morgan fingerprint density at radius 3 is 2.76 bits per heavy atom. The Hall–Kier alpha value is -4.05. The minimum Gasteiger partial charge on any atom is -0.458 e. The number of nitrogens with two attached hydrogens (primary N) is 2. The number of H-pyrrole nitrogens is 1. The smallest absolute Gasteiger partial charge is 0.317 e. The van der Waals surface area contributed by atoms with Crippen LogP contribution in [0.1, 0.15) is 29.4 Å². The highest BCUT2D eigenvalue weighted by Gasteiger charge is 2.21. The number of nitrogens with zero attached hydrogens (tertiary/aromatic N) is 4. The van der Waals surface area contributed by atoms with Gasteiger partial charge in [0.1, 0.15) is 6.10 Å². The average molecular weight is 447 g/mol. The highest BCUT2D eigenvalue weighted by atomic mass is 16.5. The van der Waals surface area contributed by atoms with Gasteiger partial charge in [-0.2, -0.15) is 10.1 Å². The maximum atomic E-state index is 12.2. The van der Waals surface area contributed by atoms with Gasteiger partial charge in [-0.1, -0.05) is 13.0 Å². The second kappa shape index (κ2) is 9.21. The van der Waals surface area contributed by atoms with E-state index < -0.39 is 5.91 Å². The molecule has 1 amide bonds. The lowest BCUT2D eigenvalue weighted by atomic mass is 9.94. The minimum atomic E-state index is -0.732. The summed E-state index contributed by atoms with van der Waals surface area (Å²) in [5.41, 5.74) is 16.3. The Balaban J connectivity index is 1.87. The molecule has 10 heteroatoms. The van der Waals surface area contributed by atoms with Crippen molar-refractivity contribution in [2.45, 2.75) is 26.4 Å². The van der Waals surface area contributed by atoms with Crippen LogP contribution < -0.4 is 16.2 Å². The third-order valence-electron chi connectivity index (χ3n) is 5.37. The van der Waals surface area contributed by atoms with E-state index >= 15 is 0 Å². The Labute approximate surface area is 190 Å². The predicted octanol–water partition coefficient (Wildman–Crippen LogP) is 2.88. The standard InChI is InChI=1S/C23H25N7O3/c1-4-13(11-32-3)33-23-26-8-7-17(29-23)18-9-14(20(24)21(28-18)22(25)31)19-12(2)5-6-16-15(19)10-27-30-16/h5-10,13H,4,11,24H2,1-3H3,(H2,25,31)(H,27,30). The number of carbonyl (C=O) groups is 1. The third kappa shape index (κ3) is 4.33. The highest BCUT2D eigenvalue weighted by molar-refractivity contribution is 6.05. The van der Waals surface area contributed by atoms with Crippen molar-refractivity contribution >= 4 is 22.5 Å². The maximum Gasteiger partial charge on any atom is 0.317 e. The summed E-state index contributed by atoms with van der Waals surface area (Å²) in [6.45, 7) is 4.36. The van der Waals surface area contributed by atoms with Crippen molar-refractivity contribution in [3.05, 3.63) is 47.9 Å². The first-order valence-electron chi connectivity index (χ1n) is 10.4. The van der Waals surface area contributed by atoms with E-state index in [9.17, 15) is 4.79 Å². The molecule has 1 unspecified atom stereocenters. The van der Waals surface area contributed by atoms with Gasteiger partial charge in [0.15, 0.2) is 5.69 Å². The van der Waals surface area contributed by atoms with Crippen molar-refractivity contribution in [3.63, 3.8) is 0 Å². The number of carbonyl (C=O) groups excluding carboxylic acids is 1. The molecule has 1 aromatic carbocycles. The molecule has 0 saturated heterocycles. The van der Waals surface area contributed by atoms with Gasteiger partial charge >= 0.3 is 6.01 Å². The fourth-order valence-electron chi connectivity index (χ4n) is 3.68. The molecule has 0 fully saturated rings. The van der Waals surface area contributed by atoms with Crippen molar-refractivity contribution < 1.29 is 14.3 Å². The first-order chi connectivity index (χ1) is 15.9. The number of benzene rings is 1. The Bertz CT molecular complexity index is 1320. The van der Waals surface area contributed by atoms with Gasteiger partial charge in [0.05, 0.1) is 35.4 Å². The number of nitrogens with one attached hydrogen (secondary N) is 1. The quantitative estimate of drug-likeness (QED) is 0.372. The van der Waals surface area contributed by atoms with Crippen LogP contribution in [0.3, 0.4) is 0 Å². The van der Waals surface area contributed by atoms with Crippen molar-refractivity contribution in [1.82, 2.24) is 25.1 Å². The lowest BCUT2D eigenvalue weighted by molar-refractivity contribution is 0.0723. The number of aryl methyl sites for hydroxylation is 1. The van der Waals surface area contributed by atoms with Crippen LogP contribution in [0, 0.1) is 6.92 Å². The summed E-state index contributed by atoms with van der Waals surface area (Å²) in [5, 5.41) is 7.96. The zero-order valence-corrected chi connectivity index (χ0v) is 18.6. The van der Waals surface area contributed by atoms with Crippen LogP contribution in [0.2, 0.25) is 0 Å². The van der Waals surface area contributed by atoms with Crippen molar-refractivity contribution in [2.75, 3.05) is 19.5 Å². The van der Waals surface area contributed by atoms with E-state index in [2.05, 4.69) is 25.1 Å². The average Bonchev–Trinajstić information content (AvgIpc) is 3.28. The zero-order chi connectivity index (χ0) is 23.5. The molecule has 0 spiro atoms. The third-order valence-corrected chi connectivity index (χ3v) is 5.37. The Kier molecular flexibility index (Phi) is 6.18. The van der Waals surface area contributed by atoms with Crippen LogP contribution in [0.15, 0.2) is 36.7 Å². The Morgan fingerprint density at radius 2 is 2.03 bits per heavy atom. The van der Waals surface area contributed by atoms with E-state index in [4.69, 9.17) is 20.9 Å². The van der Waals surface area contributed by atoms with E-state index in [0.29, 0.717) is 23.6 Å². The van der Waals surface area contributed by atoms with Crippen LogP contribution in [0.25, 0.3) is 33.4 Å². The van der Waals surface area contributed by atoms with E-state index in [-0.39, 0.29) is 23.5 Å². The summed E-state index contributed by atoms with van der Waals surface area (Å²) in [5.74, 6) is -0.732. The molecule has 3 heterocycles. The topological polar surface area (TPSA) is 155 Å². The van der Waals surface area contributed by atoms with Crippen LogP contribution >= 0.6 is 0 Å². The molecule has 0 radical (unpaired) electrons. The van der Waals surface area contributed by atoms with Crippen LogP contribution in [0.5, 0.6) is 6.01 Å². The molecule has 0 aliphatic rings. The fourth-order valence-corrected chi connectivity index (χ4v) is 3.68. The van der Waals surface area contributed by atoms with Crippen LogP contribution in [-0.4, -0.2) is 50.9 Å². The molecule has 170 valence electrons. The van der Waals surface area contributed by atoms with Gasteiger partial charge in [-0.3, -0.25) is 9.89 Å². The first kappa shape index (κ1) is 22.2. The summed E-state index contributed by atoms with van der Waals surface area (Å²) in [7, 11) is 1.61. The SMILES string of the molecule is CCC(COC)Oc1nccc(-c2cc(-c3c(C)ccc4[nH]ncc34)c(N)c(C(N)=O)n2)n1. The van der Waals surface area contributed by atoms with Gasteiger partial charge in [0.2, 0.25) is 0 Å². The second-order valence-corrected chi connectivity index (χ2v) is 7.60. The number of hydrogen-bond donors (Lipinski definition) is 3. The summed E-state index contributed by atoms with van der Waals surface area (Å²) in [4.78, 5) is 25.3. The monoisotopic (exact) mass is 447 g/mol. The molecule has 4 aromatic rings. The Morgan fingerprint density at radius 1 is 1.21 bits per heavy atom. The predicted molar refractivity (Wildman–Crippen MR) is 125 cm³/mol. The molecular weight excluding hydrogens is 422 g/mol. The van der Waals surface area contributed by atoms with Gasteiger partial charge < -0.3 is 20.9 Å². The number of ether oxygens (including phenoxy) is 2. The summed E-state index contributed by atoms with van der Waals surface area (Å²) in [6, 6.07) is 7.55. The van der Waals surface area contributed by atoms with E-state index in [1.165, 1.54) is 0 Å². The normalized spacial score (nSPS) is 12.1. The molecule has 0 aliphatic heterocycles. The molecule has 4 rings (SSSR count). The summed E-state index contributed by atoms with van der Waals surface area (Å²) in [6.07, 6.45) is 3.83. The molecule has 1 atom stereocenters. The number of rotatable bonds is 8. The lowest BCUT2D eigenvalue weighted by Crippen LogP contribution is -2.22. The van der Waals surface area contributed by atoms with Gasteiger partial charge in [-0.25, -0.2) is 9.97 Å². The molecule has 33 heavy (non-hydrogen) atoms. The molecular formula is C23H25N7O3.